The van der Waals surface area contributed by atoms with E-state index in [1.807, 2.05) is 13.8 Å². The minimum absolute atomic E-state index is 0.158. The number of allylic oxidation sites excluding steroid dienone is 1. The summed E-state index contributed by atoms with van der Waals surface area (Å²) in [6.07, 6.45) is 3.06. The van der Waals surface area contributed by atoms with Crippen LogP contribution in [0, 0.1) is 0 Å². The number of imide groups is 1. The van der Waals surface area contributed by atoms with Gasteiger partial charge in [0.15, 0.2) is 0 Å². The molecule has 0 aliphatic carbocycles. The van der Waals surface area contributed by atoms with E-state index in [4.69, 9.17) is 0 Å². The molecule has 1 aliphatic heterocycles. The summed E-state index contributed by atoms with van der Waals surface area (Å²) in [5.74, 6) is -0.222. The number of amides is 3. The molecule has 3 amide bonds. The second kappa shape index (κ2) is 4.26. The van der Waals surface area contributed by atoms with Crippen molar-refractivity contribution in [3.05, 3.63) is 12.2 Å². The van der Waals surface area contributed by atoms with E-state index in [9.17, 15) is 9.59 Å². The van der Waals surface area contributed by atoms with Crippen LogP contribution < -0.4 is 0 Å². The molecule has 0 atom stereocenters. The smallest absolute Gasteiger partial charge is 0.320 e. The van der Waals surface area contributed by atoms with Gasteiger partial charge in [-0.1, -0.05) is 6.08 Å². The van der Waals surface area contributed by atoms with Gasteiger partial charge in [-0.25, -0.2) is 4.79 Å². The Kier molecular flexibility index (Phi) is 3.28. The van der Waals surface area contributed by atoms with Crippen LogP contribution in [0.25, 0.3) is 0 Å². The van der Waals surface area contributed by atoms with Crippen LogP contribution in [0.3, 0.4) is 0 Å². The Morgan fingerprint density at radius 3 is 2.50 bits per heavy atom. The van der Waals surface area contributed by atoms with E-state index in [0.717, 1.165) is 0 Å². The minimum atomic E-state index is -0.222. The van der Waals surface area contributed by atoms with E-state index in [0.29, 0.717) is 13.1 Å². The van der Waals surface area contributed by atoms with Gasteiger partial charge >= 0.3 is 6.03 Å². The maximum Gasteiger partial charge on any atom is 0.327 e. The topological polar surface area (TPSA) is 40.6 Å². The predicted molar refractivity (Wildman–Crippen MR) is 53.8 cm³/mol. The van der Waals surface area contributed by atoms with Gasteiger partial charge in [0, 0.05) is 19.1 Å². The van der Waals surface area contributed by atoms with Crippen molar-refractivity contribution in [3.63, 3.8) is 0 Å². The van der Waals surface area contributed by atoms with E-state index >= 15 is 0 Å². The first kappa shape index (κ1) is 10.8. The lowest BCUT2D eigenvalue weighted by molar-refractivity contribution is -0.122. The molecule has 4 heteroatoms. The SMILES string of the molecule is C/C=C/C(=O)N1CCN(C(C)C)C1=O. The van der Waals surface area contributed by atoms with Gasteiger partial charge < -0.3 is 4.90 Å². The summed E-state index contributed by atoms with van der Waals surface area (Å²) in [5.41, 5.74) is 0. The van der Waals surface area contributed by atoms with Crippen molar-refractivity contribution < 1.29 is 9.59 Å². The molecule has 14 heavy (non-hydrogen) atoms. The summed E-state index contributed by atoms with van der Waals surface area (Å²) in [6.45, 7) is 6.79. The summed E-state index contributed by atoms with van der Waals surface area (Å²) in [7, 11) is 0. The largest absolute Gasteiger partial charge is 0.327 e. The van der Waals surface area contributed by atoms with Gasteiger partial charge in [0.05, 0.1) is 0 Å². The van der Waals surface area contributed by atoms with Gasteiger partial charge in [-0.2, -0.15) is 0 Å². The predicted octanol–water partition coefficient (Wildman–Crippen LogP) is 1.24. The number of urea groups is 1. The van der Waals surface area contributed by atoms with Crippen molar-refractivity contribution in [2.45, 2.75) is 26.8 Å². The molecule has 1 fully saturated rings. The monoisotopic (exact) mass is 196 g/mol. The lowest BCUT2D eigenvalue weighted by Crippen LogP contribution is -2.38. The van der Waals surface area contributed by atoms with Crippen LogP contribution in [0.15, 0.2) is 12.2 Å². The van der Waals surface area contributed by atoms with Gasteiger partial charge in [-0.05, 0) is 26.8 Å². The van der Waals surface area contributed by atoms with Gasteiger partial charge in [0.1, 0.15) is 0 Å². The number of rotatable bonds is 2. The van der Waals surface area contributed by atoms with Gasteiger partial charge in [0.25, 0.3) is 5.91 Å². The number of hydrogen-bond acceptors (Lipinski definition) is 2. The third-order valence-corrected chi connectivity index (χ3v) is 2.24. The average Bonchev–Trinajstić information content (AvgIpc) is 2.47. The summed E-state index contributed by atoms with van der Waals surface area (Å²) in [5, 5.41) is 0. The summed E-state index contributed by atoms with van der Waals surface area (Å²) in [4.78, 5) is 26.0. The van der Waals surface area contributed by atoms with Crippen molar-refractivity contribution in [1.82, 2.24) is 9.80 Å². The molecule has 0 unspecified atom stereocenters. The summed E-state index contributed by atoms with van der Waals surface area (Å²) < 4.78 is 0. The Morgan fingerprint density at radius 2 is 2.07 bits per heavy atom. The zero-order valence-corrected chi connectivity index (χ0v) is 8.86. The first-order valence-corrected chi connectivity index (χ1v) is 4.82. The highest BCUT2D eigenvalue weighted by atomic mass is 16.2. The molecule has 78 valence electrons. The Labute approximate surface area is 84.2 Å². The second-order valence-electron chi connectivity index (χ2n) is 3.56. The van der Waals surface area contributed by atoms with E-state index < -0.39 is 0 Å². The van der Waals surface area contributed by atoms with Crippen molar-refractivity contribution in [2.75, 3.05) is 13.1 Å². The van der Waals surface area contributed by atoms with Crippen LogP contribution in [0.2, 0.25) is 0 Å². The highest BCUT2D eigenvalue weighted by Crippen LogP contribution is 2.12. The molecule has 0 radical (unpaired) electrons. The van der Waals surface area contributed by atoms with E-state index in [1.54, 1.807) is 17.9 Å². The van der Waals surface area contributed by atoms with Gasteiger partial charge in [-0.15, -0.1) is 0 Å². The zero-order valence-electron chi connectivity index (χ0n) is 8.86. The van der Waals surface area contributed by atoms with Crippen LogP contribution in [0.5, 0.6) is 0 Å². The molecule has 1 heterocycles. The molecular formula is C10H16N2O2. The Balaban J connectivity index is 2.69. The average molecular weight is 196 g/mol. The fraction of sp³-hybridized carbons (Fsp3) is 0.600. The highest BCUT2D eigenvalue weighted by molar-refractivity contribution is 6.01. The fourth-order valence-electron chi connectivity index (χ4n) is 1.47. The van der Waals surface area contributed by atoms with Crippen LogP contribution in [-0.2, 0) is 4.79 Å². The normalized spacial score (nSPS) is 17.6. The standard InChI is InChI=1S/C10H16N2O2/c1-4-5-9(13)12-7-6-11(8(2)3)10(12)14/h4-5,8H,6-7H2,1-3H3/b5-4+. The quantitative estimate of drug-likeness (QED) is 0.623. The second-order valence-corrected chi connectivity index (χ2v) is 3.56. The van der Waals surface area contributed by atoms with Crippen molar-refractivity contribution >= 4 is 11.9 Å². The van der Waals surface area contributed by atoms with Crippen LogP contribution in [0.1, 0.15) is 20.8 Å². The molecule has 0 aromatic heterocycles. The summed E-state index contributed by atoms with van der Waals surface area (Å²) in [6, 6.07) is -0.0194. The van der Waals surface area contributed by atoms with Crippen molar-refractivity contribution in [1.29, 1.82) is 0 Å². The Hall–Kier alpha value is -1.32. The molecule has 1 rings (SSSR count). The molecule has 0 N–H and O–H groups in total. The molecule has 0 aromatic rings. The van der Waals surface area contributed by atoms with E-state index in [1.165, 1.54) is 11.0 Å². The first-order chi connectivity index (χ1) is 6.57. The first-order valence-electron chi connectivity index (χ1n) is 4.82. The highest BCUT2D eigenvalue weighted by Gasteiger charge is 2.32. The maximum atomic E-state index is 11.7. The summed E-state index contributed by atoms with van der Waals surface area (Å²) >= 11 is 0. The van der Waals surface area contributed by atoms with E-state index in [-0.39, 0.29) is 18.0 Å². The molecular weight excluding hydrogens is 180 g/mol. The van der Waals surface area contributed by atoms with Crippen molar-refractivity contribution in [3.8, 4) is 0 Å². The third-order valence-electron chi connectivity index (χ3n) is 2.24. The van der Waals surface area contributed by atoms with Gasteiger partial charge in [-0.3, -0.25) is 9.69 Å². The number of carbonyl (C=O) groups excluding carboxylic acids is 2. The molecule has 0 bridgehead atoms. The van der Waals surface area contributed by atoms with Crippen LogP contribution in [0.4, 0.5) is 4.79 Å². The molecule has 0 aromatic carbocycles. The van der Waals surface area contributed by atoms with Crippen LogP contribution in [-0.4, -0.2) is 40.9 Å². The molecule has 4 nitrogen and oxygen atoms in total. The molecule has 0 spiro atoms. The molecule has 1 aliphatic rings. The fourth-order valence-corrected chi connectivity index (χ4v) is 1.47. The van der Waals surface area contributed by atoms with Crippen molar-refractivity contribution in [2.24, 2.45) is 0 Å². The maximum absolute atomic E-state index is 11.7. The molecule has 0 saturated carbocycles. The number of carbonyl (C=O) groups is 2. The number of nitrogens with zero attached hydrogens (tertiary/aromatic N) is 2. The lowest BCUT2D eigenvalue weighted by Gasteiger charge is -2.20. The zero-order chi connectivity index (χ0) is 10.7. The Bertz CT molecular complexity index is 271. The lowest BCUT2D eigenvalue weighted by atomic mass is 10.3. The molecule has 1 saturated heterocycles. The third kappa shape index (κ3) is 1.95. The number of hydrogen-bond donors (Lipinski definition) is 0. The van der Waals surface area contributed by atoms with Crippen LogP contribution >= 0.6 is 0 Å². The van der Waals surface area contributed by atoms with Gasteiger partial charge in [0.2, 0.25) is 0 Å². The minimum Gasteiger partial charge on any atom is -0.320 e. The Morgan fingerprint density at radius 1 is 1.43 bits per heavy atom. The van der Waals surface area contributed by atoms with E-state index in [2.05, 4.69) is 0 Å².